The number of hydrogen-bond acceptors (Lipinski definition) is 4. The van der Waals surface area contributed by atoms with Gasteiger partial charge in [-0.3, -0.25) is 0 Å². The van der Waals surface area contributed by atoms with Gasteiger partial charge in [-0.15, -0.1) is 0 Å². The highest BCUT2D eigenvalue weighted by Crippen LogP contribution is 2.40. The molecule has 0 radical (unpaired) electrons. The summed E-state index contributed by atoms with van der Waals surface area (Å²) in [5.41, 5.74) is 7.19. The van der Waals surface area contributed by atoms with Gasteiger partial charge in [-0.25, -0.2) is 9.97 Å². The van der Waals surface area contributed by atoms with E-state index >= 15 is 0 Å². The Morgan fingerprint density at radius 2 is 0.902 bits per heavy atom. The van der Waals surface area contributed by atoms with Crippen molar-refractivity contribution in [1.82, 2.24) is 9.97 Å². The number of rotatable bonds is 7. The van der Waals surface area contributed by atoms with Crippen LogP contribution in [-0.2, 0) is 0 Å². The quantitative estimate of drug-likeness (QED) is 0.159. The number of fused-ring (bicyclic) bond motifs is 2. The molecule has 0 unspecified atom stereocenters. The molecule has 0 bridgehead atoms. The molecule has 1 aliphatic heterocycles. The second kappa shape index (κ2) is 13.0. The average molecular weight is 672 g/mol. The molecular weight excluding hydrogens is 639 g/mol. The predicted molar refractivity (Wildman–Crippen MR) is 211 cm³/mol. The van der Waals surface area contributed by atoms with Crippen molar-refractivity contribution >= 4 is 45.9 Å². The first-order chi connectivity index (χ1) is 25.3. The lowest BCUT2D eigenvalue weighted by Gasteiger charge is -2.45. The Bertz CT molecular complexity index is 2420. The summed E-state index contributed by atoms with van der Waals surface area (Å²) < 4.78 is 6.28. The monoisotopic (exact) mass is 671 g/mol. The highest BCUT2D eigenvalue weighted by molar-refractivity contribution is 7.21. The third-order valence-electron chi connectivity index (χ3n) is 9.64. The van der Waals surface area contributed by atoms with E-state index in [1.54, 1.807) is 0 Å². The molecule has 0 N–H and O–H groups in total. The number of pyridine rings is 2. The molecule has 0 saturated heterocycles. The molecule has 3 heterocycles. The van der Waals surface area contributed by atoms with Gasteiger partial charge in [-0.1, -0.05) is 152 Å². The normalized spacial score (nSPS) is 12.8. The Morgan fingerprint density at radius 1 is 0.392 bits per heavy atom. The maximum Gasteiger partial charge on any atom is 0.221 e. The number of ether oxygens (including phenoxy) is 1. The van der Waals surface area contributed by atoms with E-state index in [4.69, 9.17) is 14.7 Å². The standard InChI is InChI=1S/C46H33N3OSi/c1-5-17-34(18-6-1)39-25-15-29-45(47-39)50-46-30-16-26-40(48-46)35-31-32-44-42(33-35)49(36-19-7-2-8-20-36)41-27-13-14-28-43(41)51(44,37-21-9-3-10-22-37)38-23-11-4-12-24-38/h1-33H. The van der Waals surface area contributed by atoms with Crippen LogP contribution >= 0.6 is 0 Å². The van der Waals surface area contributed by atoms with Crippen molar-refractivity contribution < 1.29 is 4.74 Å². The van der Waals surface area contributed by atoms with E-state index in [-0.39, 0.29) is 0 Å². The third-order valence-corrected chi connectivity index (χ3v) is 14.5. The molecule has 6 aromatic carbocycles. The van der Waals surface area contributed by atoms with Crippen molar-refractivity contribution in [2.75, 3.05) is 4.90 Å². The molecule has 0 atom stereocenters. The first kappa shape index (κ1) is 30.5. The predicted octanol–water partition coefficient (Wildman–Crippen LogP) is 8.76. The number of hydrogen-bond donors (Lipinski definition) is 0. The van der Waals surface area contributed by atoms with Crippen LogP contribution in [0, 0.1) is 0 Å². The molecule has 0 fully saturated rings. The van der Waals surface area contributed by atoms with Crippen molar-refractivity contribution in [2.45, 2.75) is 0 Å². The Balaban J connectivity index is 1.21. The van der Waals surface area contributed by atoms with Crippen LogP contribution in [0.15, 0.2) is 200 Å². The van der Waals surface area contributed by atoms with Gasteiger partial charge in [-0.2, -0.15) is 0 Å². The summed E-state index contributed by atoms with van der Waals surface area (Å²) in [7, 11) is -2.77. The van der Waals surface area contributed by atoms with Gasteiger partial charge < -0.3 is 9.64 Å². The maximum atomic E-state index is 6.28. The molecule has 9 rings (SSSR count). The van der Waals surface area contributed by atoms with E-state index in [9.17, 15) is 0 Å². The Morgan fingerprint density at radius 3 is 1.53 bits per heavy atom. The van der Waals surface area contributed by atoms with Crippen LogP contribution in [0.4, 0.5) is 17.1 Å². The molecule has 0 spiro atoms. The SMILES string of the molecule is c1ccc(-c2cccc(Oc3cccc(-c4ccc5c(c4)N(c4ccccc4)c4ccccc4[Si]5(c4ccccc4)c4ccccc4)n3)n2)cc1. The van der Waals surface area contributed by atoms with Crippen LogP contribution in [0.2, 0.25) is 0 Å². The summed E-state index contributed by atoms with van der Waals surface area (Å²) in [6.45, 7) is 0. The topological polar surface area (TPSA) is 38.2 Å². The van der Waals surface area contributed by atoms with E-state index in [1.165, 1.54) is 26.4 Å². The highest BCUT2D eigenvalue weighted by Gasteiger charge is 2.48. The van der Waals surface area contributed by atoms with Crippen molar-refractivity contribution in [3.05, 3.63) is 200 Å². The number of para-hydroxylation sites is 2. The number of nitrogens with zero attached hydrogens (tertiary/aromatic N) is 3. The molecule has 242 valence electrons. The molecule has 5 heteroatoms. The van der Waals surface area contributed by atoms with E-state index in [0.29, 0.717) is 11.8 Å². The Labute approximate surface area is 299 Å². The van der Waals surface area contributed by atoms with E-state index in [0.717, 1.165) is 33.9 Å². The molecule has 0 amide bonds. The van der Waals surface area contributed by atoms with Gasteiger partial charge in [0.2, 0.25) is 11.8 Å². The number of anilines is 3. The van der Waals surface area contributed by atoms with Crippen LogP contribution < -0.4 is 30.4 Å². The van der Waals surface area contributed by atoms with Crippen LogP contribution in [0.1, 0.15) is 0 Å². The first-order valence-electron chi connectivity index (χ1n) is 17.2. The average Bonchev–Trinajstić information content (AvgIpc) is 3.21. The van der Waals surface area contributed by atoms with Gasteiger partial charge in [0.1, 0.15) is 0 Å². The summed E-state index contributed by atoms with van der Waals surface area (Å²) in [6.07, 6.45) is 0. The van der Waals surface area contributed by atoms with Crippen LogP contribution in [0.3, 0.4) is 0 Å². The minimum atomic E-state index is -2.77. The lowest BCUT2D eigenvalue weighted by Crippen LogP contribution is -2.77. The Kier molecular flexibility index (Phi) is 7.80. The summed E-state index contributed by atoms with van der Waals surface area (Å²) >= 11 is 0. The zero-order valence-corrected chi connectivity index (χ0v) is 28.8. The Hall–Kier alpha value is -6.56. The molecule has 0 aliphatic carbocycles. The van der Waals surface area contributed by atoms with E-state index in [2.05, 4.69) is 138 Å². The summed E-state index contributed by atoms with van der Waals surface area (Å²) in [5.74, 6) is 0.991. The fourth-order valence-corrected chi connectivity index (χ4v) is 12.5. The molecule has 2 aromatic heterocycles. The fraction of sp³-hybridized carbons (Fsp3) is 0. The van der Waals surface area contributed by atoms with Crippen molar-refractivity contribution in [1.29, 1.82) is 0 Å². The summed E-state index contributed by atoms with van der Waals surface area (Å²) in [4.78, 5) is 12.2. The van der Waals surface area contributed by atoms with Crippen molar-refractivity contribution in [3.63, 3.8) is 0 Å². The lowest BCUT2D eigenvalue weighted by atomic mass is 10.1. The van der Waals surface area contributed by atoms with Gasteiger partial charge in [0.05, 0.1) is 11.4 Å². The number of aromatic nitrogens is 2. The fourth-order valence-electron chi connectivity index (χ4n) is 7.45. The van der Waals surface area contributed by atoms with Gasteiger partial charge in [0, 0.05) is 40.3 Å². The number of benzene rings is 6. The van der Waals surface area contributed by atoms with Gasteiger partial charge >= 0.3 is 0 Å². The maximum absolute atomic E-state index is 6.28. The summed E-state index contributed by atoms with van der Waals surface area (Å²) in [5, 5.41) is 5.40. The third kappa shape index (κ3) is 5.41. The van der Waals surface area contributed by atoms with Crippen molar-refractivity contribution in [3.8, 4) is 34.3 Å². The molecule has 0 saturated carbocycles. The zero-order chi connectivity index (χ0) is 34.0. The highest BCUT2D eigenvalue weighted by atomic mass is 28.3. The molecular formula is C46H33N3OSi. The van der Waals surface area contributed by atoms with Crippen LogP contribution in [-0.4, -0.2) is 18.0 Å². The van der Waals surface area contributed by atoms with Gasteiger partial charge in [0.15, 0.2) is 8.07 Å². The first-order valence-corrected chi connectivity index (χ1v) is 19.2. The smallest absolute Gasteiger partial charge is 0.221 e. The largest absolute Gasteiger partial charge is 0.421 e. The summed E-state index contributed by atoms with van der Waals surface area (Å²) in [6, 6.07) is 70.6. The molecule has 4 nitrogen and oxygen atoms in total. The molecule has 1 aliphatic rings. The lowest BCUT2D eigenvalue weighted by molar-refractivity contribution is 0.446. The second-order valence-electron chi connectivity index (χ2n) is 12.6. The van der Waals surface area contributed by atoms with Crippen LogP contribution in [0.5, 0.6) is 11.8 Å². The van der Waals surface area contributed by atoms with Gasteiger partial charge in [0.25, 0.3) is 0 Å². The van der Waals surface area contributed by atoms with Crippen molar-refractivity contribution in [2.24, 2.45) is 0 Å². The second-order valence-corrected chi connectivity index (χ2v) is 16.3. The van der Waals surface area contributed by atoms with Gasteiger partial charge in [-0.05, 0) is 57.1 Å². The van der Waals surface area contributed by atoms with Crippen LogP contribution in [0.25, 0.3) is 22.5 Å². The van der Waals surface area contributed by atoms with E-state index in [1.807, 2.05) is 66.7 Å². The minimum absolute atomic E-state index is 0.491. The molecule has 51 heavy (non-hydrogen) atoms. The molecule has 8 aromatic rings. The zero-order valence-electron chi connectivity index (χ0n) is 27.8. The minimum Gasteiger partial charge on any atom is -0.421 e. The van der Waals surface area contributed by atoms with E-state index < -0.39 is 8.07 Å².